The van der Waals surface area contributed by atoms with E-state index < -0.39 is 50.6 Å². The second kappa shape index (κ2) is 9.62. The Balaban J connectivity index is 1.79. The number of anilines is 1. The third-order valence-corrected chi connectivity index (χ3v) is 6.67. The highest BCUT2D eigenvalue weighted by Gasteiger charge is 2.65. The molecule has 176 valence electrons. The van der Waals surface area contributed by atoms with Gasteiger partial charge in [0, 0.05) is 12.2 Å². The van der Waals surface area contributed by atoms with E-state index in [9.17, 15) is 9.36 Å². The van der Waals surface area contributed by atoms with Crippen LogP contribution >= 0.6 is 7.82 Å². The standard InChI is InChI=1S/C19H30F2N3O6P/c1-5-7-13(8-6-2)22-15-9-10-24(18(25)23-15)17-19(20,21)16-14(28-17)11-27-31(26,30-16)29-12(3)4/h9-10,12-14,16-17H,5-8,11H2,1-4H3,(H,22,23,25)/t14-,16?,17-,31?/m1/s1. The summed E-state index contributed by atoms with van der Waals surface area (Å²) in [7, 11) is -4.16. The number of phosphoric acid groups is 1. The first-order valence-electron chi connectivity index (χ1n) is 10.6. The Hall–Kier alpha value is -1.39. The Labute approximate surface area is 180 Å². The molecule has 1 N–H and O–H groups in total. The Morgan fingerprint density at radius 1 is 1.35 bits per heavy atom. The van der Waals surface area contributed by atoms with Crippen LogP contribution in [-0.2, 0) is 22.9 Å². The van der Waals surface area contributed by atoms with Gasteiger partial charge in [0.05, 0.1) is 12.7 Å². The number of alkyl halides is 2. The van der Waals surface area contributed by atoms with Gasteiger partial charge in [0.25, 0.3) is 0 Å². The van der Waals surface area contributed by atoms with Crippen molar-refractivity contribution in [3.8, 4) is 0 Å². The molecule has 1 aromatic rings. The van der Waals surface area contributed by atoms with Crippen LogP contribution in [0.5, 0.6) is 0 Å². The molecule has 0 radical (unpaired) electrons. The number of ether oxygens (including phenoxy) is 1. The minimum absolute atomic E-state index is 0.144. The monoisotopic (exact) mass is 465 g/mol. The number of hydrogen-bond acceptors (Lipinski definition) is 8. The molecule has 0 saturated carbocycles. The van der Waals surface area contributed by atoms with E-state index in [1.54, 1.807) is 13.8 Å². The first kappa shape index (κ1) is 24.3. The van der Waals surface area contributed by atoms with E-state index >= 15 is 8.78 Å². The van der Waals surface area contributed by atoms with Crippen LogP contribution in [0.25, 0.3) is 0 Å². The van der Waals surface area contributed by atoms with Gasteiger partial charge < -0.3 is 10.1 Å². The highest BCUT2D eigenvalue weighted by atomic mass is 31.2. The summed E-state index contributed by atoms with van der Waals surface area (Å²) in [5, 5.41) is 3.19. The van der Waals surface area contributed by atoms with Crippen molar-refractivity contribution >= 4 is 13.6 Å². The number of phosphoric ester groups is 1. The van der Waals surface area contributed by atoms with E-state index in [4.69, 9.17) is 18.3 Å². The van der Waals surface area contributed by atoms with Crippen LogP contribution in [-0.4, -0.2) is 46.4 Å². The summed E-state index contributed by atoms with van der Waals surface area (Å²) in [5.41, 5.74) is -0.886. The molecule has 0 bridgehead atoms. The molecule has 2 unspecified atom stereocenters. The number of halogens is 2. The molecule has 2 saturated heterocycles. The molecule has 1 aromatic heterocycles. The van der Waals surface area contributed by atoms with Gasteiger partial charge in [0.1, 0.15) is 11.9 Å². The van der Waals surface area contributed by atoms with Crippen LogP contribution in [0.3, 0.4) is 0 Å². The van der Waals surface area contributed by atoms with Gasteiger partial charge >= 0.3 is 19.4 Å². The molecule has 2 aliphatic rings. The molecular formula is C19H30F2N3O6P. The van der Waals surface area contributed by atoms with E-state index in [1.807, 2.05) is 0 Å². The number of nitrogens with zero attached hydrogens (tertiary/aromatic N) is 2. The average Bonchev–Trinajstić information content (AvgIpc) is 2.92. The van der Waals surface area contributed by atoms with Crippen molar-refractivity contribution in [2.75, 3.05) is 11.9 Å². The molecule has 0 aromatic carbocycles. The Bertz CT molecular complexity index is 861. The van der Waals surface area contributed by atoms with Gasteiger partial charge in [-0.05, 0) is 32.8 Å². The third kappa shape index (κ3) is 5.34. The fraction of sp³-hybridized carbons (Fsp3) is 0.789. The fourth-order valence-corrected chi connectivity index (χ4v) is 5.32. The number of nitrogens with one attached hydrogen (secondary N) is 1. The topological polar surface area (TPSA) is 101 Å². The number of hydrogen-bond donors (Lipinski definition) is 1. The third-order valence-electron chi connectivity index (χ3n) is 5.04. The minimum atomic E-state index is -4.16. The van der Waals surface area contributed by atoms with Crippen molar-refractivity contribution in [2.45, 2.75) is 89.9 Å². The lowest BCUT2D eigenvalue weighted by Crippen LogP contribution is -2.45. The smallest absolute Gasteiger partial charge is 0.367 e. The lowest BCUT2D eigenvalue weighted by atomic mass is 10.1. The molecule has 3 rings (SSSR count). The summed E-state index contributed by atoms with van der Waals surface area (Å²) in [6.45, 7) is 6.88. The summed E-state index contributed by atoms with van der Waals surface area (Å²) in [4.78, 5) is 16.4. The largest absolute Gasteiger partial charge is 0.475 e. The number of rotatable bonds is 9. The lowest BCUT2D eigenvalue weighted by Gasteiger charge is -2.32. The first-order chi connectivity index (χ1) is 14.6. The second-order valence-corrected chi connectivity index (χ2v) is 9.62. The van der Waals surface area contributed by atoms with Crippen LogP contribution in [0.2, 0.25) is 0 Å². The minimum Gasteiger partial charge on any atom is -0.367 e. The van der Waals surface area contributed by atoms with Gasteiger partial charge in [-0.2, -0.15) is 13.8 Å². The summed E-state index contributed by atoms with van der Waals surface area (Å²) in [5.74, 6) is -3.33. The zero-order valence-corrected chi connectivity index (χ0v) is 19.0. The predicted octanol–water partition coefficient (Wildman–Crippen LogP) is 4.11. The molecule has 12 heteroatoms. The van der Waals surface area contributed by atoms with Crippen LogP contribution in [0.1, 0.15) is 59.6 Å². The maximum absolute atomic E-state index is 15.1. The summed E-state index contributed by atoms with van der Waals surface area (Å²) >= 11 is 0. The Morgan fingerprint density at radius 3 is 2.61 bits per heavy atom. The first-order valence-corrected chi connectivity index (χ1v) is 12.1. The molecule has 9 nitrogen and oxygen atoms in total. The van der Waals surface area contributed by atoms with Crippen LogP contribution < -0.4 is 11.0 Å². The quantitative estimate of drug-likeness (QED) is 0.544. The summed E-state index contributed by atoms with van der Waals surface area (Å²) in [6, 6.07) is 1.61. The van der Waals surface area contributed by atoms with Crippen LogP contribution in [0, 0.1) is 0 Å². The van der Waals surface area contributed by atoms with Crippen molar-refractivity contribution in [1.29, 1.82) is 0 Å². The predicted molar refractivity (Wildman–Crippen MR) is 109 cm³/mol. The average molecular weight is 465 g/mol. The van der Waals surface area contributed by atoms with Gasteiger partial charge in [0.15, 0.2) is 6.10 Å². The van der Waals surface area contributed by atoms with E-state index in [0.29, 0.717) is 5.82 Å². The number of fused-ring (bicyclic) bond motifs is 1. The van der Waals surface area contributed by atoms with E-state index in [1.165, 1.54) is 12.3 Å². The maximum atomic E-state index is 15.1. The van der Waals surface area contributed by atoms with Gasteiger partial charge in [-0.15, -0.1) is 0 Å². The van der Waals surface area contributed by atoms with E-state index in [-0.39, 0.29) is 6.04 Å². The van der Waals surface area contributed by atoms with E-state index in [2.05, 4.69) is 24.1 Å². The fourth-order valence-electron chi connectivity index (χ4n) is 3.75. The van der Waals surface area contributed by atoms with Crippen molar-refractivity contribution in [3.63, 3.8) is 0 Å². The van der Waals surface area contributed by atoms with Crippen molar-refractivity contribution in [3.05, 3.63) is 22.7 Å². The van der Waals surface area contributed by atoms with Gasteiger partial charge in [-0.3, -0.25) is 18.1 Å². The molecule has 4 atom stereocenters. The van der Waals surface area contributed by atoms with Gasteiger partial charge in [-0.1, -0.05) is 26.7 Å². The normalized spacial score (nSPS) is 30.0. The van der Waals surface area contributed by atoms with Crippen molar-refractivity contribution in [2.24, 2.45) is 0 Å². The van der Waals surface area contributed by atoms with Crippen molar-refractivity contribution < 1.29 is 31.7 Å². The molecule has 2 fully saturated rings. The SMILES string of the molecule is CCCC(CCC)Nc1ccn([C@@H]2O[C@@H]3COP(=O)(OC(C)C)OC3C2(F)F)c(=O)n1. The molecule has 2 aliphatic heterocycles. The highest BCUT2D eigenvalue weighted by molar-refractivity contribution is 7.48. The number of aromatic nitrogens is 2. The molecule has 0 aliphatic carbocycles. The zero-order valence-electron chi connectivity index (χ0n) is 18.1. The molecule has 0 amide bonds. The van der Waals surface area contributed by atoms with Crippen LogP contribution in [0.15, 0.2) is 17.1 Å². The maximum Gasteiger partial charge on any atom is 0.475 e. The zero-order chi connectivity index (χ0) is 22.8. The van der Waals surface area contributed by atoms with Gasteiger partial charge in [-0.25, -0.2) is 9.36 Å². The highest BCUT2D eigenvalue weighted by Crippen LogP contribution is 2.60. The van der Waals surface area contributed by atoms with E-state index in [0.717, 1.165) is 30.3 Å². The molecule has 0 spiro atoms. The summed E-state index contributed by atoms with van der Waals surface area (Å²) in [6.07, 6.45) is -0.646. The Kier molecular flexibility index (Phi) is 7.53. The summed E-state index contributed by atoms with van der Waals surface area (Å²) < 4.78 is 64.0. The van der Waals surface area contributed by atoms with Crippen molar-refractivity contribution in [1.82, 2.24) is 9.55 Å². The second-order valence-electron chi connectivity index (χ2n) is 8.05. The van der Waals surface area contributed by atoms with Crippen LogP contribution in [0.4, 0.5) is 14.6 Å². The molecule has 3 heterocycles. The molecule has 31 heavy (non-hydrogen) atoms. The molecular weight excluding hydrogens is 435 g/mol. The van der Waals surface area contributed by atoms with Gasteiger partial charge in [0.2, 0.25) is 6.23 Å². The Morgan fingerprint density at radius 2 is 2.03 bits per heavy atom. The lowest BCUT2D eigenvalue weighted by molar-refractivity contribution is -0.139.